The van der Waals surface area contributed by atoms with Gasteiger partial charge in [-0.05, 0) is 32.6 Å². The van der Waals surface area contributed by atoms with Crippen LogP contribution in [-0.4, -0.2) is 33.2 Å². The molecule has 0 fully saturated rings. The van der Waals surface area contributed by atoms with Gasteiger partial charge in [0.25, 0.3) is 0 Å². The van der Waals surface area contributed by atoms with Gasteiger partial charge in [-0.3, -0.25) is 14.4 Å². The van der Waals surface area contributed by atoms with Gasteiger partial charge in [0.15, 0.2) is 5.41 Å². The number of hydrogen-bond acceptors (Lipinski definition) is 3. The van der Waals surface area contributed by atoms with Crippen LogP contribution in [0.15, 0.2) is 0 Å². The summed E-state index contributed by atoms with van der Waals surface area (Å²) in [6.07, 6.45) is 1.65. The zero-order valence-electron chi connectivity index (χ0n) is 12.9. The van der Waals surface area contributed by atoms with E-state index in [2.05, 4.69) is 0 Å². The Morgan fingerprint density at radius 1 is 0.700 bits per heavy atom. The maximum Gasteiger partial charge on any atom is 0.321 e. The Morgan fingerprint density at radius 3 is 1.00 bits per heavy atom. The molecule has 0 aliphatic carbocycles. The molecule has 0 unspecified atom stereocenters. The van der Waals surface area contributed by atoms with Crippen molar-refractivity contribution in [1.29, 1.82) is 0 Å². The zero-order chi connectivity index (χ0) is 16.6. The second-order valence-electron chi connectivity index (χ2n) is 4.97. The summed E-state index contributed by atoms with van der Waals surface area (Å²) in [5.74, 6) is -3.20. The van der Waals surface area contributed by atoms with Crippen molar-refractivity contribution in [3.05, 3.63) is 0 Å². The average Bonchev–Trinajstić information content (AvgIpc) is 2.39. The van der Waals surface area contributed by atoms with Crippen molar-refractivity contribution in [3.8, 4) is 0 Å². The summed E-state index contributed by atoms with van der Waals surface area (Å²) < 4.78 is 0. The van der Waals surface area contributed by atoms with E-state index in [1.54, 1.807) is 20.8 Å². The number of hydrogen-bond donors (Lipinski definition) is 3. The van der Waals surface area contributed by atoms with Gasteiger partial charge < -0.3 is 15.3 Å². The molecule has 6 heteroatoms. The van der Waals surface area contributed by atoms with E-state index in [4.69, 9.17) is 15.3 Å². The van der Waals surface area contributed by atoms with Crippen LogP contribution in [0.4, 0.5) is 0 Å². The first-order valence-corrected chi connectivity index (χ1v) is 6.78. The molecular weight excluding hydrogens is 264 g/mol. The quantitative estimate of drug-likeness (QED) is 0.621. The highest BCUT2D eigenvalue weighted by Gasteiger charge is 2.42. The Balaban J connectivity index is 0. The lowest BCUT2D eigenvalue weighted by atomic mass is 9.83. The van der Waals surface area contributed by atoms with Crippen LogP contribution in [0.2, 0.25) is 0 Å². The number of aliphatic carboxylic acids is 3. The Kier molecular flexibility index (Phi) is 8.86. The SMILES string of the molecule is CCC(C)(CC)C(=O)O.CCC(CC)(C(=O)O)C(=O)O. The molecule has 0 saturated heterocycles. The van der Waals surface area contributed by atoms with Gasteiger partial charge in [-0.2, -0.15) is 0 Å². The fraction of sp³-hybridized carbons (Fsp3) is 0.786. The molecule has 0 amide bonds. The highest BCUT2D eigenvalue weighted by atomic mass is 16.4. The van der Waals surface area contributed by atoms with Gasteiger partial charge in [-0.15, -0.1) is 0 Å². The van der Waals surface area contributed by atoms with Crippen LogP contribution in [0.5, 0.6) is 0 Å². The number of rotatable bonds is 7. The van der Waals surface area contributed by atoms with Gasteiger partial charge in [0, 0.05) is 0 Å². The van der Waals surface area contributed by atoms with E-state index in [1.807, 2.05) is 13.8 Å². The molecule has 6 nitrogen and oxygen atoms in total. The molecule has 0 atom stereocenters. The van der Waals surface area contributed by atoms with E-state index >= 15 is 0 Å². The van der Waals surface area contributed by atoms with Crippen LogP contribution in [0, 0.1) is 10.8 Å². The maximum atomic E-state index is 10.5. The first kappa shape index (κ1) is 20.7. The zero-order valence-corrected chi connectivity index (χ0v) is 12.9. The Hall–Kier alpha value is -1.59. The molecule has 0 radical (unpaired) electrons. The predicted molar refractivity (Wildman–Crippen MR) is 74.6 cm³/mol. The molecule has 0 aromatic heterocycles. The van der Waals surface area contributed by atoms with Crippen LogP contribution in [0.25, 0.3) is 0 Å². The van der Waals surface area contributed by atoms with Gasteiger partial charge in [-0.25, -0.2) is 0 Å². The summed E-state index contributed by atoms with van der Waals surface area (Å²) in [6, 6.07) is 0. The van der Waals surface area contributed by atoms with Gasteiger partial charge in [0.2, 0.25) is 0 Å². The highest BCUT2D eigenvalue weighted by Crippen LogP contribution is 2.26. The monoisotopic (exact) mass is 290 g/mol. The Morgan fingerprint density at radius 2 is 1.00 bits per heavy atom. The molecule has 0 aromatic carbocycles. The van der Waals surface area contributed by atoms with Gasteiger partial charge in [-0.1, -0.05) is 27.7 Å². The third kappa shape index (κ3) is 4.83. The molecule has 0 bridgehead atoms. The molecule has 0 saturated carbocycles. The average molecular weight is 290 g/mol. The van der Waals surface area contributed by atoms with Crippen molar-refractivity contribution in [2.75, 3.05) is 0 Å². The molecule has 3 N–H and O–H groups in total. The van der Waals surface area contributed by atoms with E-state index in [-0.39, 0.29) is 12.8 Å². The molecule has 20 heavy (non-hydrogen) atoms. The van der Waals surface area contributed by atoms with Crippen LogP contribution in [-0.2, 0) is 14.4 Å². The Labute approximate surface area is 119 Å². The molecular formula is C14H26O6. The minimum absolute atomic E-state index is 0.119. The Bertz CT molecular complexity index is 324. The van der Waals surface area contributed by atoms with Crippen molar-refractivity contribution in [1.82, 2.24) is 0 Å². The number of carboxylic acids is 3. The topological polar surface area (TPSA) is 112 Å². The van der Waals surface area contributed by atoms with Crippen molar-refractivity contribution in [2.45, 2.75) is 60.3 Å². The van der Waals surface area contributed by atoms with Gasteiger partial charge in [0.1, 0.15) is 0 Å². The summed E-state index contributed by atoms with van der Waals surface area (Å²) in [5, 5.41) is 25.9. The van der Waals surface area contributed by atoms with Crippen molar-refractivity contribution in [3.63, 3.8) is 0 Å². The number of carbonyl (C=O) groups is 3. The minimum Gasteiger partial charge on any atom is -0.481 e. The second-order valence-corrected chi connectivity index (χ2v) is 4.97. The van der Waals surface area contributed by atoms with E-state index in [9.17, 15) is 14.4 Å². The first-order chi connectivity index (χ1) is 9.07. The van der Waals surface area contributed by atoms with Crippen LogP contribution in [0.1, 0.15) is 60.3 Å². The molecule has 0 aliphatic heterocycles. The first-order valence-electron chi connectivity index (χ1n) is 6.78. The molecule has 0 aromatic rings. The van der Waals surface area contributed by atoms with Crippen molar-refractivity contribution < 1.29 is 29.7 Å². The molecule has 0 rings (SSSR count). The van der Waals surface area contributed by atoms with Gasteiger partial charge in [0.05, 0.1) is 5.41 Å². The van der Waals surface area contributed by atoms with Crippen molar-refractivity contribution in [2.24, 2.45) is 10.8 Å². The number of carboxylic acid groups (broad SMARTS) is 3. The maximum absolute atomic E-state index is 10.5. The van der Waals surface area contributed by atoms with Crippen LogP contribution in [0.3, 0.4) is 0 Å². The smallest absolute Gasteiger partial charge is 0.321 e. The van der Waals surface area contributed by atoms with E-state index < -0.39 is 28.7 Å². The third-order valence-electron chi connectivity index (χ3n) is 4.10. The fourth-order valence-electron chi connectivity index (χ4n) is 1.50. The summed E-state index contributed by atoms with van der Waals surface area (Å²) in [6.45, 7) is 8.70. The van der Waals surface area contributed by atoms with Gasteiger partial charge >= 0.3 is 17.9 Å². The lowest BCUT2D eigenvalue weighted by Gasteiger charge is -2.20. The largest absolute Gasteiger partial charge is 0.481 e. The lowest BCUT2D eigenvalue weighted by molar-refractivity contribution is -0.165. The summed E-state index contributed by atoms with van der Waals surface area (Å²) >= 11 is 0. The normalized spacial score (nSPS) is 11.2. The van der Waals surface area contributed by atoms with Crippen molar-refractivity contribution >= 4 is 17.9 Å². The summed E-state index contributed by atoms with van der Waals surface area (Å²) in [5.41, 5.74) is -2.08. The fourth-order valence-corrected chi connectivity index (χ4v) is 1.50. The molecule has 0 aliphatic rings. The summed E-state index contributed by atoms with van der Waals surface area (Å²) in [7, 11) is 0. The van der Waals surface area contributed by atoms with Crippen LogP contribution >= 0.6 is 0 Å². The predicted octanol–water partition coefficient (Wildman–Crippen LogP) is 2.86. The third-order valence-corrected chi connectivity index (χ3v) is 4.10. The van der Waals surface area contributed by atoms with E-state index in [0.29, 0.717) is 12.8 Å². The lowest BCUT2D eigenvalue weighted by Crippen LogP contribution is -2.38. The molecule has 0 spiro atoms. The van der Waals surface area contributed by atoms with Crippen LogP contribution < -0.4 is 0 Å². The van der Waals surface area contributed by atoms with E-state index in [1.165, 1.54) is 0 Å². The standard InChI is InChI=1S/C7H12O4.C7H14O2/c1-3-7(4-2,5(8)9)6(10)11;1-4-7(3,5-2)6(8)9/h3-4H2,1-2H3,(H,8,9)(H,10,11);4-5H2,1-3H3,(H,8,9). The molecule has 0 heterocycles. The molecule has 118 valence electrons. The highest BCUT2D eigenvalue weighted by molar-refractivity contribution is 5.98. The summed E-state index contributed by atoms with van der Waals surface area (Å²) in [4.78, 5) is 31.6. The second kappa shape index (κ2) is 8.55. The minimum atomic E-state index is -1.58. The van der Waals surface area contributed by atoms with E-state index in [0.717, 1.165) is 0 Å².